The number of unbranched alkanes of at least 4 members (excludes halogenated alkanes) is 60. The van der Waals surface area contributed by atoms with Gasteiger partial charge >= 0.3 is 5.97 Å². The van der Waals surface area contributed by atoms with Crippen LogP contribution in [0.5, 0.6) is 0 Å². The summed E-state index contributed by atoms with van der Waals surface area (Å²) in [6.07, 6.45) is 94.3. The third kappa shape index (κ3) is 69.4. The first kappa shape index (κ1) is 82.3. The average Bonchev–Trinajstić information content (AvgIpc) is 3.50. The molecule has 3 N–H and O–H groups in total. The van der Waals surface area contributed by atoms with Crippen LogP contribution in [0, 0.1) is 0 Å². The number of aliphatic hydroxyl groups is 2. The Morgan fingerprint density at radius 3 is 0.845 bits per heavy atom. The number of aliphatic hydroxyl groups excluding tert-OH is 2. The van der Waals surface area contributed by atoms with Gasteiger partial charge in [-0.1, -0.05) is 391 Å². The highest BCUT2D eigenvalue weighted by Crippen LogP contribution is 2.20. The lowest BCUT2D eigenvalue weighted by Crippen LogP contribution is -2.45. The van der Waals surface area contributed by atoms with Crippen molar-refractivity contribution in [2.24, 2.45) is 0 Å². The third-order valence-electron chi connectivity index (χ3n) is 18.2. The molecule has 0 rings (SSSR count). The highest BCUT2D eigenvalue weighted by atomic mass is 16.5. The topological polar surface area (TPSA) is 95.9 Å². The number of rotatable bonds is 73. The Balaban J connectivity index is 3.40. The SMILES string of the molecule is CCCCCCCCCCCCCCCCCCCCCCCC/C=C/C(O)C(CO)NC(=O)CCCCCCCCCCCC/C=C\CCCCCCCCCCCCCCOC(=O)CCCCCCCCCCCCCCCCCCC. The van der Waals surface area contributed by atoms with Crippen molar-refractivity contribution < 1.29 is 24.5 Å². The van der Waals surface area contributed by atoms with Crippen molar-refractivity contribution >= 4 is 11.9 Å². The number of allylic oxidation sites excluding steroid dienone is 3. The predicted octanol–water partition coefficient (Wildman–Crippen LogP) is 25.3. The molecule has 0 aromatic rings. The average molecular weight is 1180 g/mol. The van der Waals surface area contributed by atoms with E-state index in [2.05, 4.69) is 31.3 Å². The second-order valence-electron chi connectivity index (χ2n) is 26.7. The van der Waals surface area contributed by atoms with Gasteiger partial charge in [-0.15, -0.1) is 0 Å². The summed E-state index contributed by atoms with van der Waals surface area (Å²) in [7, 11) is 0. The van der Waals surface area contributed by atoms with Crippen LogP contribution in [0.15, 0.2) is 24.3 Å². The molecule has 498 valence electrons. The minimum Gasteiger partial charge on any atom is -0.466 e. The Morgan fingerprint density at radius 2 is 0.560 bits per heavy atom. The van der Waals surface area contributed by atoms with Gasteiger partial charge in [0.2, 0.25) is 5.91 Å². The smallest absolute Gasteiger partial charge is 0.305 e. The monoisotopic (exact) mass is 1180 g/mol. The lowest BCUT2D eigenvalue weighted by atomic mass is 10.0. The molecule has 0 aromatic carbocycles. The number of hydrogen-bond donors (Lipinski definition) is 3. The van der Waals surface area contributed by atoms with E-state index in [1.54, 1.807) is 6.08 Å². The lowest BCUT2D eigenvalue weighted by molar-refractivity contribution is -0.143. The van der Waals surface area contributed by atoms with Crippen molar-refractivity contribution in [2.75, 3.05) is 13.2 Å². The van der Waals surface area contributed by atoms with Gasteiger partial charge in [0.25, 0.3) is 0 Å². The molecule has 0 aliphatic rings. The minimum absolute atomic E-state index is 0.0190. The van der Waals surface area contributed by atoms with Crippen molar-refractivity contribution in [3.63, 3.8) is 0 Å². The lowest BCUT2D eigenvalue weighted by Gasteiger charge is -2.20. The summed E-state index contributed by atoms with van der Waals surface area (Å²) < 4.78 is 5.51. The van der Waals surface area contributed by atoms with Crippen LogP contribution in [-0.2, 0) is 14.3 Å². The summed E-state index contributed by atoms with van der Waals surface area (Å²) in [5.41, 5.74) is 0. The van der Waals surface area contributed by atoms with Gasteiger partial charge in [-0.25, -0.2) is 0 Å². The number of carbonyl (C=O) groups is 2. The van der Waals surface area contributed by atoms with E-state index in [1.165, 1.54) is 372 Å². The van der Waals surface area contributed by atoms with E-state index in [-0.39, 0.29) is 18.5 Å². The van der Waals surface area contributed by atoms with Crippen molar-refractivity contribution in [2.45, 2.75) is 450 Å². The quantitative estimate of drug-likeness (QED) is 0.0320. The Bertz CT molecular complexity index is 1320. The first-order valence-electron chi connectivity index (χ1n) is 38.6. The maximum Gasteiger partial charge on any atom is 0.305 e. The molecule has 0 saturated heterocycles. The van der Waals surface area contributed by atoms with E-state index < -0.39 is 12.1 Å². The summed E-state index contributed by atoms with van der Waals surface area (Å²) in [5.74, 6) is -0.0458. The normalized spacial score (nSPS) is 12.6. The number of carbonyl (C=O) groups excluding carboxylic acids is 2. The van der Waals surface area contributed by atoms with Crippen LogP contribution < -0.4 is 5.32 Å². The van der Waals surface area contributed by atoms with Crippen molar-refractivity contribution in [1.82, 2.24) is 5.32 Å². The van der Waals surface area contributed by atoms with Gasteiger partial charge in [-0.3, -0.25) is 9.59 Å². The van der Waals surface area contributed by atoms with Crippen LogP contribution in [0.3, 0.4) is 0 Å². The summed E-state index contributed by atoms with van der Waals surface area (Å²) >= 11 is 0. The third-order valence-corrected chi connectivity index (χ3v) is 18.2. The molecular formula is C78H151NO5. The zero-order valence-electron chi connectivity index (χ0n) is 57.2. The minimum atomic E-state index is -0.847. The van der Waals surface area contributed by atoms with E-state index in [0.29, 0.717) is 19.4 Å². The molecule has 0 radical (unpaired) electrons. The Kier molecular flexibility index (Phi) is 72.3. The van der Waals surface area contributed by atoms with E-state index in [9.17, 15) is 19.8 Å². The molecule has 84 heavy (non-hydrogen) atoms. The summed E-state index contributed by atoms with van der Waals surface area (Å²) in [6.45, 7) is 4.96. The molecule has 0 aliphatic heterocycles. The van der Waals surface area contributed by atoms with E-state index in [4.69, 9.17) is 4.74 Å². The van der Waals surface area contributed by atoms with Crippen LogP contribution in [0.4, 0.5) is 0 Å². The van der Waals surface area contributed by atoms with Crippen LogP contribution in [0.1, 0.15) is 438 Å². The Labute approximate surface area is 526 Å². The molecule has 2 atom stereocenters. The molecule has 0 bridgehead atoms. The Morgan fingerprint density at radius 1 is 0.321 bits per heavy atom. The fourth-order valence-electron chi connectivity index (χ4n) is 12.3. The molecular weight excluding hydrogens is 1030 g/mol. The van der Waals surface area contributed by atoms with E-state index in [1.807, 2.05) is 6.08 Å². The van der Waals surface area contributed by atoms with Gasteiger partial charge in [0.1, 0.15) is 0 Å². The molecule has 0 saturated carbocycles. The van der Waals surface area contributed by atoms with E-state index in [0.717, 1.165) is 38.5 Å². The molecule has 0 heterocycles. The van der Waals surface area contributed by atoms with Gasteiger partial charge in [0.05, 0.1) is 25.4 Å². The number of nitrogens with one attached hydrogen (secondary N) is 1. The molecule has 0 spiro atoms. The zero-order valence-corrected chi connectivity index (χ0v) is 57.2. The van der Waals surface area contributed by atoms with Gasteiger partial charge in [0, 0.05) is 12.8 Å². The number of hydrogen-bond acceptors (Lipinski definition) is 5. The maximum atomic E-state index is 12.5. The number of amides is 1. The fraction of sp³-hybridized carbons (Fsp3) is 0.923. The standard InChI is InChI=1S/C78H151NO5/c1-3-5-7-9-11-13-15-17-19-21-22-23-24-29-32-35-39-42-46-50-54-58-62-66-70-76(81)75(74-80)79-77(82)71-67-63-59-55-51-47-43-40-36-33-30-27-25-26-28-31-34-37-41-45-49-53-57-61-65-69-73-84-78(83)72-68-64-60-56-52-48-44-38-20-18-16-14-12-10-8-6-4-2/h25,27,66,70,75-76,80-81H,3-24,26,28-65,67-69,71-74H2,1-2H3,(H,79,82)/b27-25-,70-66+. The first-order chi connectivity index (χ1) is 41.5. The summed E-state index contributed by atoms with van der Waals surface area (Å²) in [5, 5.41) is 23.3. The highest BCUT2D eigenvalue weighted by molar-refractivity contribution is 5.76. The molecule has 6 heteroatoms. The van der Waals surface area contributed by atoms with E-state index >= 15 is 0 Å². The Hall–Kier alpha value is -1.66. The van der Waals surface area contributed by atoms with Crippen molar-refractivity contribution in [3.05, 3.63) is 24.3 Å². The predicted molar refractivity (Wildman–Crippen MR) is 370 cm³/mol. The number of esters is 1. The fourth-order valence-corrected chi connectivity index (χ4v) is 12.3. The molecule has 1 amide bonds. The largest absolute Gasteiger partial charge is 0.466 e. The molecule has 0 fully saturated rings. The summed E-state index contributed by atoms with van der Waals surface area (Å²) in [6, 6.07) is -0.631. The highest BCUT2D eigenvalue weighted by Gasteiger charge is 2.18. The first-order valence-corrected chi connectivity index (χ1v) is 38.6. The molecule has 0 aliphatic carbocycles. The zero-order chi connectivity index (χ0) is 60.6. The van der Waals surface area contributed by atoms with Gasteiger partial charge < -0.3 is 20.3 Å². The van der Waals surface area contributed by atoms with Crippen molar-refractivity contribution in [3.8, 4) is 0 Å². The van der Waals surface area contributed by atoms with Crippen LogP contribution in [-0.4, -0.2) is 47.4 Å². The van der Waals surface area contributed by atoms with Gasteiger partial charge in [-0.2, -0.15) is 0 Å². The summed E-state index contributed by atoms with van der Waals surface area (Å²) in [4.78, 5) is 24.7. The van der Waals surface area contributed by atoms with Crippen molar-refractivity contribution in [1.29, 1.82) is 0 Å². The van der Waals surface area contributed by atoms with Crippen LogP contribution in [0.2, 0.25) is 0 Å². The van der Waals surface area contributed by atoms with Gasteiger partial charge in [-0.05, 0) is 57.8 Å². The number of ether oxygens (including phenoxy) is 1. The molecule has 2 unspecified atom stereocenters. The second kappa shape index (κ2) is 73.8. The molecule has 6 nitrogen and oxygen atoms in total. The second-order valence-corrected chi connectivity index (χ2v) is 26.7. The molecule has 0 aromatic heterocycles. The maximum absolute atomic E-state index is 12.5. The van der Waals surface area contributed by atoms with Crippen LogP contribution in [0.25, 0.3) is 0 Å². The van der Waals surface area contributed by atoms with Gasteiger partial charge in [0.15, 0.2) is 0 Å². The van der Waals surface area contributed by atoms with Crippen LogP contribution >= 0.6 is 0 Å².